The Balaban J connectivity index is 2.01. The topological polar surface area (TPSA) is 71.4 Å². The van der Waals surface area contributed by atoms with E-state index in [2.05, 4.69) is 0 Å². The van der Waals surface area contributed by atoms with Crippen molar-refractivity contribution in [3.63, 3.8) is 0 Å². The Kier molecular flexibility index (Phi) is 3.48. The standard InChI is InChI=1S/C16H13FO4S/c17-11-6-4-5-10(9-11)13-14(16(18)19)15(13)22(20,21)12-7-2-1-3-8-12/h1-9,13-15H,(H,18,19)/t13-,14-,15-/m1/s1. The van der Waals surface area contributed by atoms with Crippen LogP contribution in [0.5, 0.6) is 0 Å². The van der Waals surface area contributed by atoms with Crippen LogP contribution in [0.4, 0.5) is 4.39 Å². The molecule has 1 aliphatic carbocycles. The second-order valence-corrected chi connectivity index (χ2v) is 7.37. The second-order valence-electron chi connectivity index (χ2n) is 5.27. The van der Waals surface area contributed by atoms with Crippen LogP contribution >= 0.6 is 0 Å². The zero-order valence-corrected chi connectivity index (χ0v) is 12.2. The Morgan fingerprint density at radius 1 is 1.05 bits per heavy atom. The van der Waals surface area contributed by atoms with Crippen molar-refractivity contribution in [2.75, 3.05) is 0 Å². The minimum atomic E-state index is -3.77. The molecular weight excluding hydrogens is 307 g/mol. The third-order valence-electron chi connectivity index (χ3n) is 3.90. The van der Waals surface area contributed by atoms with Crippen LogP contribution in [0.15, 0.2) is 59.5 Å². The maximum atomic E-state index is 13.3. The van der Waals surface area contributed by atoms with Gasteiger partial charge in [0.1, 0.15) is 5.82 Å². The van der Waals surface area contributed by atoms with E-state index < -0.39 is 38.7 Å². The number of sulfone groups is 1. The largest absolute Gasteiger partial charge is 0.481 e. The minimum Gasteiger partial charge on any atom is -0.481 e. The minimum absolute atomic E-state index is 0.0881. The molecule has 1 fully saturated rings. The molecule has 4 nitrogen and oxygen atoms in total. The van der Waals surface area contributed by atoms with E-state index in [0.29, 0.717) is 5.56 Å². The van der Waals surface area contributed by atoms with Crippen LogP contribution in [0.25, 0.3) is 0 Å². The van der Waals surface area contributed by atoms with Gasteiger partial charge in [-0.2, -0.15) is 0 Å². The molecule has 1 aliphatic rings. The Bertz CT molecular complexity index is 817. The van der Waals surface area contributed by atoms with Crippen LogP contribution in [0, 0.1) is 11.7 Å². The lowest BCUT2D eigenvalue weighted by Crippen LogP contribution is -2.13. The summed E-state index contributed by atoms with van der Waals surface area (Å²) in [4.78, 5) is 11.4. The molecule has 1 saturated carbocycles. The summed E-state index contributed by atoms with van der Waals surface area (Å²) >= 11 is 0. The lowest BCUT2D eigenvalue weighted by Gasteiger charge is -2.04. The van der Waals surface area contributed by atoms with Crippen molar-refractivity contribution in [3.05, 3.63) is 66.0 Å². The van der Waals surface area contributed by atoms with Gasteiger partial charge in [-0.25, -0.2) is 12.8 Å². The SMILES string of the molecule is O=C(O)[C@@H]1[C@@H](c2cccc(F)c2)[C@H]1S(=O)(=O)c1ccccc1. The van der Waals surface area contributed by atoms with E-state index in [4.69, 9.17) is 0 Å². The van der Waals surface area contributed by atoms with Gasteiger partial charge >= 0.3 is 5.97 Å². The zero-order valence-electron chi connectivity index (χ0n) is 11.4. The molecule has 1 N–H and O–H groups in total. The molecule has 0 amide bonds. The Morgan fingerprint density at radius 2 is 1.73 bits per heavy atom. The smallest absolute Gasteiger partial charge is 0.308 e. The van der Waals surface area contributed by atoms with Crippen molar-refractivity contribution in [3.8, 4) is 0 Å². The van der Waals surface area contributed by atoms with E-state index in [-0.39, 0.29) is 4.90 Å². The van der Waals surface area contributed by atoms with Gasteiger partial charge in [-0.05, 0) is 29.8 Å². The maximum absolute atomic E-state index is 13.3. The summed E-state index contributed by atoms with van der Waals surface area (Å²) in [6, 6.07) is 13.2. The van der Waals surface area contributed by atoms with E-state index in [1.54, 1.807) is 24.3 Å². The molecule has 22 heavy (non-hydrogen) atoms. The number of carboxylic acids is 1. The first-order chi connectivity index (χ1) is 10.4. The number of hydrogen-bond donors (Lipinski definition) is 1. The highest BCUT2D eigenvalue weighted by atomic mass is 32.2. The first-order valence-electron chi connectivity index (χ1n) is 6.70. The molecule has 2 aromatic carbocycles. The number of aliphatic carboxylic acids is 1. The van der Waals surface area contributed by atoms with Gasteiger partial charge in [0.15, 0.2) is 9.84 Å². The van der Waals surface area contributed by atoms with Gasteiger partial charge in [0.25, 0.3) is 0 Å². The third kappa shape index (κ3) is 2.39. The maximum Gasteiger partial charge on any atom is 0.308 e. The van der Waals surface area contributed by atoms with Gasteiger partial charge in [-0.15, -0.1) is 0 Å². The van der Waals surface area contributed by atoms with Crippen molar-refractivity contribution in [1.82, 2.24) is 0 Å². The van der Waals surface area contributed by atoms with E-state index in [9.17, 15) is 22.7 Å². The number of carbonyl (C=O) groups is 1. The molecule has 0 bridgehead atoms. The van der Waals surface area contributed by atoms with Gasteiger partial charge in [0.05, 0.1) is 16.1 Å². The summed E-state index contributed by atoms with van der Waals surface area (Å²) < 4.78 is 38.6. The summed E-state index contributed by atoms with van der Waals surface area (Å²) in [5, 5.41) is 8.22. The highest BCUT2D eigenvalue weighted by Gasteiger charge is 2.63. The average Bonchev–Trinajstić information content (AvgIpc) is 3.25. The number of benzene rings is 2. The van der Waals surface area contributed by atoms with Crippen LogP contribution in [0.2, 0.25) is 0 Å². The Morgan fingerprint density at radius 3 is 2.32 bits per heavy atom. The quantitative estimate of drug-likeness (QED) is 0.939. The van der Waals surface area contributed by atoms with Crippen molar-refractivity contribution in [2.24, 2.45) is 5.92 Å². The van der Waals surface area contributed by atoms with Crippen molar-refractivity contribution < 1.29 is 22.7 Å². The van der Waals surface area contributed by atoms with Gasteiger partial charge in [-0.3, -0.25) is 4.79 Å². The molecular formula is C16H13FO4S. The van der Waals surface area contributed by atoms with Gasteiger partial charge in [-0.1, -0.05) is 30.3 Å². The first-order valence-corrected chi connectivity index (χ1v) is 8.25. The molecule has 0 spiro atoms. The van der Waals surface area contributed by atoms with Gasteiger partial charge in [0, 0.05) is 5.92 Å². The molecule has 3 rings (SSSR count). The molecule has 0 saturated heterocycles. The van der Waals surface area contributed by atoms with E-state index in [0.717, 1.165) is 0 Å². The van der Waals surface area contributed by atoms with E-state index in [1.165, 1.54) is 30.3 Å². The predicted molar refractivity (Wildman–Crippen MR) is 77.7 cm³/mol. The van der Waals surface area contributed by atoms with Crippen LogP contribution in [-0.4, -0.2) is 24.7 Å². The summed E-state index contributed by atoms with van der Waals surface area (Å²) in [5.41, 5.74) is 0.400. The Hall–Kier alpha value is -2.21. The molecule has 0 radical (unpaired) electrons. The number of halogens is 1. The van der Waals surface area contributed by atoms with E-state index in [1.807, 2.05) is 0 Å². The highest BCUT2D eigenvalue weighted by Crippen LogP contribution is 2.54. The summed E-state index contributed by atoms with van der Waals surface area (Å²) in [6.07, 6.45) is 0. The number of hydrogen-bond acceptors (Lipinski definition) is 3. The number of carboxylic acid groups (broad SMARTS) is 1. The average molecular weight is 320 g/mol. The first kappa shape index (κ1) is 14.7. The molecule has 3 atom stereocenters. The lowest BCUT2D eigenvalue weighted by molar-refractivity contribution is -0.138. The van der Waals surface area contributed by atoms with E-state index >= 15 is 0 Å². The predicted octanol–water partition coefficient (Wildman–Crippen LogP) is 2.47. The van der Waals surface area contributed by atoms with Crippen molar-refractivity contribution in [1.29, 1.82) is 0 Å². The molecule has 6 heteroatoms. The molecule has 114 valence electrons. The molecule has 0 aromatic heterocycles. The fourth-order valence-electron chi connectivity index (χ4n) is 2.84. The van der Waals surface area contributed by atoms with Crippen LogP contribution in [-0.2, 0) is 14.6 Å². The molecule has 0 aliphatic heterocycles. The molecule has 0 unspecified atom stereocenters. The fourth-order valence-corrected chi connectivity index (χ4v) is 4.99. The summed E-state index contributed by atoms with van der Waals surface area (Å²) in [5.74, 6) is -3.46. The van der Waals surface area contributed by atoms with Crippen LogP contribution in [0.3, 0.4) is 0 Å². The van der Waals surface area contributed by atoms with Crippen molar-refractivity contribution >= 4 is 15.8 Å². The van der Waals surface area contributed by atoms with Crippen LogP contribution < -0.4 is 0 Å². The Labute approximate surface area is 127 Å². The zero-order chi connectivity index (χ0) is 15.9. The summed E-state index contributed by atoms with van der Waals surface area (Å²) in [6.45, 7) is 0. The van der Waals surface area contributed by atoms with Gasteiger partial charge in [0.2, 0.25) is 0 Å². The van der Waals surface area contributed by atoms with Gasteiger partial charge < -0.3 is 5.11 Å². The third-order valence-corrected chi connectivity index (χ3v) is 6.13. The number of rotatable bonds is 4. The fraction of sp³-hybridized carbons (Fsp3) is 0.188. The van der Waals surface area contributed by atoms with Crippen molar-refractivity contribution in [2.45, 2.75) is 16.1 Å². The molecule has 0 heterocycles. The lowest BCUT2D eigenvalue weighted by atomic mass is 10.1. The summed E-state index contributed by atoms with van der Waals surface area (Å²) in [7, 11) is -3.77. The highest BCUT2D eigenvalue weighted by molar-refractivity contribution is 7.92. The monoisotopic (exact) mass is 320 g/mol. The normalized spacial score (nSPS) is 24.0. The second kappa shape index (κ2) is 5.21. The van der Waals surface area contributed by atoms with Crippen LogP contribution in [0.1, 0.15) is 11.5 Å². The molecule has 2 aromatic rings.